The Hall–Kier alpha value is -1.54. The number of carbonyl (C=O) groups is 1. The Kier molecular flexibility index (Phi) is 10.7. The molecule has 2 aromatic carbocycles. The van der Waals surface area contributed by atoms with Crippen LogP contribution in [0.2, 0.25) is 64.5 Å². The summed E-state index contributed by atoms with van der Waals surface area (Å²) in [5.74, 6) is 0.169. The van der Waals surface area contributed by atoms with Crippen LogP contribution in [0, 0.1) is 0 Å². The molecule has 0 saturated carbocycles. The normalized spacial score (nSPS) is 12.1. The molecule has 0 radical (unpaired) electrons. The zero-order valence-electron chi connectivity index (χ0n) is 21.7. The summed E-state index contributed by atoms with van der Waals surface area (Å²) >= 11 is 0. The van der Waals surface area contributed by atoms with Gasteiger partial charge in [-0.1, -0.05) is 74.2 Å². The lowest BCUT2D eigenvalue weighted by Crippen LogP contribution is -2.42. The molecule has 0 aromatic heterocycles. The second-order valence-electron chi connectivity index (χ2n) is 11.2. The van der Waals surface area contributed by atoms with Crippen LogP contribution in [0.5, 0.6) is 0 Å². The fourth-order valence-electron chi connectivity index (χ4n) is 3.89. The highest BCUT2D eigenvalue weighted by atomic mass is 28.4. The van der Waals surface area contributed by atoms with Gasteiger partial charge in [0.05, 0.1) is 0 Å². The van der Waals surface area contributed by atoms with Crippen molar-refractivity contribution in [3.05, 3.63) is 83.9 Å². The minimum absolute atomic E-state index is 0.169. The SMILES string of the molecule is C=C.C[Si](C)(C)CCc1ccccc1C(=O)c1ccccc1CC[Si](C)(C)O[Si](C)(C)C. The molecule has 0 N–H and O–H groups in total. The molecule has 0 heterocycles. The van der Waals surface area contributed by atoms with Crippen molar-refractivity contribution in [1.29, 1.82) is 0 Å². The van der Waals surface area contributed by atoms with Crippen LogP contribution in [0.25, 0.3) is 0 Å². The van der Waals surface area contributed by atoms with Gasteiger partial charge in [-0.25, -0.2) is 0 Å². The van der Waals surface area contributed by atoms with Crippen molar-refractivity contribution in [2.24, 2.45) is 0 Å². The van der Waals surface area contributed by atoms with Crippen molar-refractivity contribution in [1.82, 2.24) is 0 Å². The quantitative estimate of drug-likeness (QED) is 0.193. The van der Waals surface area contributed by atoms with Crippen molar-refractivity contribution in [2.45, 2.75) is 77.3 Å². The van der Waals surface area contributed by atoms with Crippen LogP contribution >= 0.6 is 0 Å². The second-order valence-corrected chi connectivity index (χ2v) is 25.9. The molecular weight excluding hydrogens is 441 g/mol. The molecular formula is C27H44O2Si3. The molecule has 0 amide bonds. The van der Waals surface area contributed by atoms with Gasteiger partial charge in [-0.05, 0) is 62.7 Å². The summed E-state index contributed by atoms with van der Waals surface area (Å²) in [5, 5.41) is 0. The third-order valence-corrected chi connectivity index (χ3v) is 13.1. The van der Waals surface area contributed by atoms with Crippen LogP contribution < -0.4 is 0 Å². The highest BCUT2D eigenvalue weighted by Gasteiger charge is 2.29. The first-order valence-electron chi connectivity index (χ1n) is 11.7. The van der Waals surface area contributed by atoms with Gasteiger partial charge in [-0.2, -0.15) is 0 Å². The van der Waals surface area contributed by atoms with Gasteiger partial charge in [0.1, 0.15) is 0 Å². The summed E-state index contributed by atoms with van der Waals surface area (Å²) in [6.45, 7) is 24.6. The summed E-state index contributed by atoms with van der Waals surface area (Å²) in [4.78, 5) is 13.6. The Balaban J connectivity index is 0.00000249. The maximum atomic E-state index is 13.6. The van der Waals surface area contributed by atoms with E-state index in [0.717, 1.165) is 35.6 Å². The molecule has 0 atom stereocenters. The van der Waals surface area contributed by atoms with E-state index < -0.39 is 24.7 Å². The first kappa shape index (κ1) is 28.5. The summed E-state index contributed by atoms with van der Waals surface area (Å²) in [6.07, 6.45) is 1.90. The molecule has 0 saturated heterocycles. The highest BCUT2D eigenvalue weighted by Crippen LogP contribution is 2.25. The lowest BCUT2D eigenvalue weighted by Gasteiger charge is -2.31. The molecule has 5 heteroatoms. The third kappa shape index (κ3) is 9.94. The first-order valence-corrected chi connectivity index (χ1v) is 21.9. The van der Waals surface area contributed by atoms with E-state index in [-0.39, 0.29) is 5.78 Å². The van der Waals surface area contributed by atoms with Gasteiger partial charge < -0.3 is 4.12 Å². The Morgan fingerprint density at radius 3 is 1.53 bits per heavy atom. The predicted octanol–water partition coefficient (Wildman–Crippen LogP) is 8.20. The van der Waals surface area contributed by atoms with Gasteiger partial charge in [0, 0.05) is 19.2 Å². The van der Waals surface area contributed by atoms with Crippen molar-refractivity contribution in [3.63, 3.8) is 0 Å². The van der Waals surface area contributed by atoms with Gasteiger partial charge in [0.2, 0.25) is 0 Å². The lowest BCUT2D eigenvalue weighted by atomic mass is 9.93. The van der Waals surface area contributed by atoms with Crippen LogP contribution in [-0.2, 0) is 17.0 Å². The number of hydrogen-bond donors (Lipinski definition) is 0. The van der Waals surface area contributed by atoms with Crippen LogP contribution in [0.3, 0.4) is 0 Å². The molecule has 0 spiro atoms. The van der Waals surface area contributed by atoms with Gasteiger partial charge >= 0.3 is 0 Å². The molecule has 0 aliphatic rings. The van der Waals surface area contributed by atoms with Crippen molar-refractivity contribution in [3.8, 4) is 0 Å². The van der Waals surface area contributed by atoms with E-state index in [0.29, 0.717) is 0 Å². The monoisotopic (exact) mass is 484 g/mol. The minimum Gasteiger partial charge on any atom is -0.456 e. The van der Waals surface area contributed by atoms with E-state index in [9.17, 15) is 4.79 Å². The maximum Gasteiger partial charge on any atom is 0.193 e. The fraction of sp³-hybridized carbons (Fsp3) is 0.444. The first-order chi connectivity index (χ1) is 14.8. The molecule has 0 unspecified atom stereocenters. The molecule has 0 aliphatic carbocycles. The van der Waals surface area contributed by atoms with E-state index in [1.165, 1.54) is 11.6 Å². The fourth-order valence-corrected chi connectivity index (χ4v) is 12.8. The van der Waals surface area contributed by atoms with Crippen LogP contribution in [0.15, 0.2) is 61.7 Å². The number of aryl methyl sites for hydroxylation is 2. The zero-order valence-corrected chi connectivity index (χ0v) is 24.7. The summed E-state index contributed by atoms with van der Waals surface area (Å²) in [6, 6.07) is 18.6. The van der Waals surface area contributed by atoms with E-state index >= 15 is 0 Å². The average molecular weight is 485 g/mol. The Labute approximate surface area is 200 Å². The number of rotatable bonds is 10. The van der Waals surface area contributed by atoms with Gasteiger partial charge in [-0.3, -0.25) is 4.79 Å². The number of carbonyl (C=O) groups excluding carboxylic acids is 1. The number of hydrogen-bond acceptors (Lipinski definition) is 2. The molecule has 2 nitrogen and oxygen atoms in total. The predicted molar refractivity (Wildman–Crippen MR) is 150 cm³/mol. The van der Waals surface area contributed by atoms with Crippen LogP contribution in [-0.4, -0.2) is 30.5 Å². The topological polar surface area (TPSA) is 26.3 Å². The van der Waals surface area contributed by atoms with Gasteiger partial charge in [0.25, 0.3) is 0 Å². The number of ketones is 1. The summed E-state index contributed by atoms with van der Waals surface area (Å²) in [5.41, 5.74) is 4.08. The lowest BCUT2D eigenvalue weighted by molar-refractivity contribution is 0.103. The average Bonchev–Trinajstić information content (AvgIpc) is 2.70. The van der Waals surface area contributed by atoms with Gasteiger partial charge in [-0.15, -0.1) is 13.2 Å². The molecule has 2 aromatic rings. The molecule has 0 aliphatic heterocycles. The van der Waals surface area contributed by atoms with Crippen molar-refractivity contribution in [2.75, 3.05) is 0 Å². The van der Waals surface area contributed by atoms with E-state index in [1.807, 2.05) is 24.3 Å². The van der Waals surface area contributed by atoms with Crippen molar-refractivity contribution < 1.29 is 8.91 Å². The second kappa shape index (κ2) is 12.1. The molecule has 176 valence electrons. The van der Waals surface area contributed by atoms with Crippen LogP contribution in [0.1, 0.15) is 27.0 Å². The standard InChI is InChI=1S/C25H40O2Si3.C2H4/c1-28(2,3)19-17-21-13-9-11-15-23(21)25(26)24-16-12-10-14-22(24)18-20-30(7,8)27-29(4,5)6;1-2/h9-16H,17-20H2,1-8H3;1-2H2. The molecule has 0 fully saturated rings. The molecule has 32 heavy (non-hydrogen) atoms. The van der Waals surface area contributed by atoms with E-state index in [2.05, 4.69) is 89.8 Å². The van der Waals surface area contributed by atoms with Crippen LogP contribution in [0.4, 0.5) is 0 Å². The Morgan fingerprint density at radius 2 is 1.12 bits per heavy atom. The summed E-state index contributed by atoms with van der Waals surface area (Å²) in [7, 11) is -4.46. The van der Waals surface area contributed by atoms with Crippen molar-refractivity contribution >= 4 is 30.5 Å². The van der Waals surface area contributed by atoms with E-state index in [1.54, 1.807) is 0 Å². The van der Waals surface area contributed by atoms with Gasteiger partial charge in [0.15, 0.2) is 22.4 Å². The maximum absolute atomic E-state index is 13.6. The zero-order chi connectivity index (χ0) is 24.6. The van der Waals surface area contributed by atoms with E-state index in [4.69, 9.17) is 4.12 Å². The Morgan fingerprint density at radius 1 is 0.719 bits per heavy atom. The largest absolute Gasteiger partial charge is 0.456 e. The summed E-state index contributed by atoms with van der Waals surface area (Å²) < 4.78 is 6.51. The molecule has 2 rings (SSSR count). The Bertz CT molecular complexity index is 877. The smallest absolute Gasteiger partial charge is 0.193 e. The molecule has 0 bridgehead atoms. The highest BCUT2D eigenvalue weighted by molar-refractivity contribution is 6.84. The third-order valence-electron chi connectivity index (χ3n) is 5.25. The minimum atomic E-state index is -1.75. The number of benzene rings is 2.